The van der Waals surface area contributed by atoms with Gasteiger partial charge >= 0.3 is 0 Å². The molecule has 0 aliphatic carbocycles. The number of phenols is 1. The number of imidazole rings is 1. The molecule has 0 spiro atoms. The summed E-state index contributed by atoms with van der Waals surface area (Å²) < 4.78 is 0. The SMILES string of the molecule is CC(=O)Nc1cc(-c2nc(-c3ccc(N(C)C)cc3)c(-c3ccc(N(C)C)cc3)[nH]2)cc(NC(C)=O)c1O. The highest BCUT2D eigenvalue weighted by atomic mass is 16.3. The molecule has 0 fully saturated rings. The number of carbonyl (C=O) groups excluding carboxylic acids is 2. The molecule has 3 aromatic carbocycles. The molecule has 0 radical (unpaired) electrons. The molecule has 0 atom stereocenters. The lowest BCUT2D eigenvalue weighted by Gasteiger charge is -2.13. The van der Waals surface area contributed by atoms with Gasteiger partial charge < -0.3 is 30.5 Å². The second-order valence-corrected chi connectivity index (χ2v) is 9.47. The van der Waals surface area contributed by atoms with Crippen LogP contribution >= 0.6 is 0 Å². The summed E-state index contributed by atoms with van der Waals surface area (Å²) in [6, 6.07) is 19.5. The van der Waals surface area contributed by atoms with E-state index in [9.17, 15) is 14.7 Å². The van der Waals surface area contributed by atoms with Crippen LogP contribution in [0, 0.1) is 0 Å². The Morgan fingerprint density at radius 1 is 0.737 bits per heavy atom. The minimum absolute atomic E-state index is 0.170. The second-order valence-electron chi connectivity index (χ2n) is 9.47. The van der Waals surface area contributed by atoms with Gasteiger partial charge in [0.25, 0.3) is 0 Å². The summed E-state index contributed by atoms with van der Waals surface area (Å²) in [6.45, 7) is 2.70. The van der Waals surface area contributed by atoms with Gasteiger partial charge in [-0.3, -0.25) is 9.59 Å². The summed E-state index contributed by atoms with van der Waals surface area (Å²) in [4.78, 5) is 36.0. The number of amides is 2. The number of nitrogens with one attached hydrogen (secondary N) is 3. The molecule has 0 aliphatic heterocycles. The molecule has 0 saturated heterocycles. The molecule has 9 heteroatoms. The number of hydrogen-bond acceptors (Lipinski definition) is 6. The maximum absolute atomic E-state index is 11.8. The first kappa shape index (κ1) is 26.3. The molecule has 0 unspecified atom stereocenters. The van der Waals surface area contributed by atoms with Crippen molar-refractivity contribution in [2.24, 2.45) is 0 Å². The van der Waals surface area contributed by atoms with Gasteiger partial charge in [0.1, 0.15) is 5.82 Å². The second kappa shape index (κ2) is 10.7. The number of aromatic hydroxyl groups is 1. The number of nitrogens with zero attached hydrogens (tertiary/aromatic N) is 3. The number of phenolic OH excluding ortho intramolecular Hbond substituents is 1. The van der Waals surface area contributed by atoms with Crippen LogP contribution in [0.4, 0.5) is 22.7 Å². The predicted octanol–water partition coefficient (Wildman–Crippen LogP) is 5.17. The zero-order valence-corrected chi connectivity index (χ0v) is 22.4. The smallest absolute Gasteiger partial charge is 0.221 e. The van der Waals surface area contributed by atoms with Crippen molar-refractivity contribution in [3.05, 3.63) is 60.7 Å². The van der Waals surface area contributed by atoms with Crippen LogP contribution in [0.25, 0.3) is 33.9 Å². The number of carbonyl (C=O) groups is 2. The monoisotopic (exact) mass is 512 g/mol. The van der Waals surface area contributed by atoms with E-state index in [-0.39, 0.29) is 28.9 Å². The first-order valence-electron chi connectivity index (χ1n) is 12.1. The molecular weight excluding hydrogens is 480 g/mol. The number of benzene rings is 3. The van der Waals surface area contributed by atoms with E-state index in [4.69, 9.17) is 4.98 Å². The van der Waals surface area contributed by atoms with Crippen LogP contribution in [0.5, 0.6) is 5.75 Å². The highest BCUT2D eigenvalue weighted by Gasteiger charge is 2.19. The summed E-state index contributed by atoms with van der Waals surface area (Å²) in [6.07, 6.45) is 0. The third-order valence-corrected chi connectivity index (χ3v) is 6.04. The van der Waals surface area contributed by atoms with Crippen molar-refractivity contribution in [1.29, 1.82) is 0 Å². The van der Waals surface area contributed by atoms with Crippen molar-refractivity contribution in [3.8, 4) is 39.7 Å². The van der Waals surface area contributed by atoms with E-state index < -0.39 is 0 Å². The van der Waals surface area contributed by atoms with Gasteiger partial charge in [0.15, 0.2) is 5.75 Å². The van der Waals surface area contributed by atoms with Crippen LogP contribution in [0.2, 0.25) is 0 Å². The Morgan fingerprint density at radius 2 is 1.18 bits per heavy atom. The van der Waals surface area contributed by atoms with Crippen molar-refractivity contribution in [2.75, 3.05) is 48.6 Å². The Kier molecular flexibility index (Phi) is 7.38. The fourth-order valence-electron chi connectivity index (χ4n) is 4.11. The van der Waals surface area contributed by atoms with Crippen LogP contribution in [0.1, 0.15) is 13.8 Å². The van der Waals surface area contributed by atoms with Gasteiger partial charge in [0, 0.05) is 70.1 Å². The van der Waals surface area contributed by atoms with Crippen LogP contribution in [-0.4, -0.2) is 55.1 Å². The Labute approximate surface area is 222 Å². The average molecular weight is 513 g/mol. The molecule has 2 amide bonds. The predicted molar refractivity (Wildman–Crippen MR) is 154 cm³/mol. The zero-order valence-electron chi connectivity index (χ0n) is 22.4. The van der Waals surface area contributed by atoms with Crippen LogP contribution < -0.4 is 20.4 Å². The van der Waals surface area contributed by atoms with E-state index in [1.165, 1.54) is 13.8 Å². The highest BCUT2D eigenvalue weighted by molar-refractivity contribution is 5.98. The lowest BCUT2D eigenvalue weighted by molar-refractivity contribution is -0.115. The van der Waals surface area contributed by atoms with Gasteiger partial charge in [-0.2, -0.15) is 0 Å². The van der Waals surface area contributed by atoms with E-state index in [1.54, 1.807) is 12.1 Å². The Balaban J connectivity index is 1.90. The van der Waals surface area contributed by atoms with Crippen LogP contribution in [-0.2, 0) is 9.59 Å². The maximum Gasteiger partial charge on any atom is 0.221 e. The minimum Gasteiger partial charge on any atom is -0.504 e. The normalized spacial score (nSPS) is 10.7. The van der Waals surface area contributed by atoms with Gasteiger partial charge in [-0.1, -0.05) is 24.3 Å². The Bertz CT molecular complexity index is 1370. The van der Waals surface area contributed by atoms with E-state index in [2.05, 4.69) is 15.6 Å². The van der Waals surface area contributed by atoms with Crippen molar-refractivity contribution in [2.45, 2.75) is 13.8 Å². The van der Waals surface area contributed by atoms with Crippen molar-refractivity contribution >= 4 is 34.6 Å². The fourth-order valence-corrected chi connectivity index (χ4v) is 4.11. The number of anilines is 4. The third-order valence-electron chi connectivity index (χ3n) is 6.04. The first-order valence-corrected chi connectivity index (χ1v) is 12.1. The number of H-pyrrole nitrogens is 1. The van der Waals surface area contributed by atoms with E-state index in [1.807, 2.05) is 86.5 Å². The van der Waals surface area contributed by atoms with Crippen molar-refractivity contribution < 1.29 is 14.7 Å². The van der Waals surface area contributed by atoms with E-state index in [0.717, 1.165) is 33.9 Å². The topological polar surface area (TPSA) is 114 Å². The molecule has 196 valence electrons. The summed E-state index contributed by atoms with van der Waals surface area (Å²) in [7, 11) is 7.96. The quantitative estimate of drug-likeness (QED) is 0.254. The molecule has 0 aliphatic rings. The molecule has 4 rings (SSSR count). The van der Waals surface area contributed by atoms with E-state index in [0.29, 0.717) is 11.4 Å². The molecular formula is C29H32N6O3. The largest absolute Gasteiger partial charge is 0.504 e. The van der Waals surface area contributed by atoms with Crippen molar-refractivity contribution in [3.63, 3.8) is 0 Å². The summed E-state index contributed by atoms with van der Waals surface area (Å²) >= 11 is 0. The molecule has 1 aromatic heterocycles. The van der Waals surface area contributed by atoms with Gasteiger partial charge in [0.05, 0.1) is 22.8 Å². The molecule has 4 aromatic rings. The average Bonchev–Trinajstić information content (AvgIpc) is 3.31. The highest BCUT2D eigenvalue weighted by Crippen LogP contribution is 2.39. The third kappa shape index (κ3) is 5.62. The minimum atomic E-state index is -0.353. The molecule has 38 heavy (non-hydrogen) atoms. The van der Waals surface area contributed by atoms with E-state index >= 15 is 0 Å². The Hall–Kier alpha value is -4.79. The number of rotatable bonds is 7. The number of aromatic amines is 1. The van der Waals surface area contributed by atoms with Gasteiger partial charge in [-0.25, -0.2) is 4.98 Å². The summed E-state index contributed by atoms with van der Waals surface area (Å²) in [5.41, 5.74) is 6.50. The zero-order chi connectivity index (χ0) is 27.6. The standard InChI is InChI=1S/C29H32N6O3/c1-17(36)30-24-15-21(16-25(28(24)38)31-18(2)37)29-32-26(19-7-11-22(12-8-19)34(3)4)27(33-29)20-9-13-23(14-10-20)35(5)6/h7-16,38H,1-6H3,(H,30,36)(H,31,37)(H,32,33). The summed E-state index contributed by atoms with van der Waals surface area (Å²) in [5, 5.41) is 15.9. The van der Waals surface area contributed by atoms with Crippen LogP contribution in [0.15, 0.2) is 60.7 Å². The van der Waals surface area contributed by atoms with Gasteiger partial charge in [0.2, 0.25) is 11.8 Å². The lowest BCUT2D eigenvalue weighted by Crippen LogP contribution is -2.10. The van der Waals surface area contributed by atoms with Gasteiger partial charge in [-0.05, 0) is 36.4 Å². The first-order chi connectivity index (χ1) is 18.0. The number of hydrogen-bond donors (Lipinski definition) is 4. The van der Waals surface area contributed by atoms with Gasteiger partial charge in [-0.15, -0.1) is 0 Å². The molecule has 4 N–H and O–H groups in total. The summed E-state index contributed by atoms with van der Waals surface area (Å²) in [5.74, 6) is -0.422. The molecule has 1 heterocycles. The van der Waals surface area contributed by atoms with Crippen LogP contribution in [0.3, 0.4) is 0 Å². The molecule has 0 saturated carbocycles. The Morgan fingerprint density at radius 3 is 1.61 bits per heavy atom. The molecule has 9 nitrogen and oxygen atoms in total. The van der Waals surface area contributed by atoms with Crippen molar-refractivity contribution in [1.82, 2.24) is 9.97 Å². The number of aromatic nitrogens is 2. The lowest BCUT2D eigenvalue weighted by atomic mass is 10.0. The molecule has 0 bridgehead atoms. The fraction of sp³-hybridized carbons (Fsp3) is 0.207. The maximum atomic E-state index is 11.8.